The number of carbonyl (C=O) groups is 1. The molecule has 0 radical (unpaired) electrons. The molecular formula is C16H14ClFN2O. The first-order valence-corrected chi connectivity index (χ1v) is 7.04. The zero-order valence-corrected chi connectivity index (χ0v) is 12.0. The molecule has 1 amide bonds. The zero-order chi connectivity index (χ0) is 15.0. The minimum Gasteiger partial charge on any atom is -0.399 e. The van der Waals surface area contributed by atoms with Gasteiger partial charge in [-0.2, -0.15) is 0 Å². The van der Waals surface area contributed by atoms with Crippen LogP contribution in [0.15, 0.2) is 36.4 Å². The fourth-order valence-electron chi connectivity index (χ4n) is 2.54. The second-order valence-corrected chi connectivity index (χ2v) is 5.54. The smallest absolute Gasteiger partial charge is 0.254 e. The molecule has 0 saturated carbocycles. The molecule has 0 atom stereocenters. The van der Waals surface area contributed by atoms with Gasteiger partial charge in [-0.3, -0.25) is 4.79 Å². The van der Waals surface area contributed by atoms with Crippen LogP contribution in [0.5, 0.6) is 0 Å². The van der Waals surface area contributed by atoms with Gasteiger partial charge in [0.1, 0.15) is 5.82 Å². The number of nitrogens with zero attached hydrogens (tertiary/aromatic N) is 1. The molecule has 0 aliphatic carbocycles. The fraction of sp³-hybridized carbons (Fsp3) is 0.188. The predicted molar refractivity (Wildman–Crippen MR) is 80.7 cm³/mol. The number of nitrogen functional groups attached to an aromatic ring is 1. The van der Waals surface area contributed by atoms with Gasteiger partial charge >= 0.3 is 0 Å². The molecule has 108 valence electrons. The Balaban J connectivity index is 1.86. The van der Waals surface area contributed by atoms with Crippen molar-refractivity contribution in [3.05, 3.63) is 63.9 Å². The molecule has 0 saturated heterocycles. The quantitative estimate of drug-likeness (QED) is 0.866. The first kappa shape index (κ1) is 13.9. The maximum atomic E-state index is 13.1. The number of anilines is 1. The minimum absolute atomic E-state index is 0.0658. The summed E-state index contributed by atoms with van der Waals surface area (Å²) in [5, 5.41) is 0.334. The second-order valence-electron chi connectivity index (χ2n) is 5.13. The van der Waals surface area contributed by atoms with Crippen molar-refractivity contribution in [2.75, 3.05) is 12.3 Å². The molecule has 0 unspecified atom stereocenters. The Kier molecular flexibility index (Phi) is 3.55. The molecule has 2 N–H and O–H groups in total. The SMILES string of the molecule is Nc1ccc2c(c1)C(=O)N(Cc1ccc(F)cc1Cl)CC2. The van der Waals surface area contributed by atoms with Crippen LogP contribution < -0.4 is 5.73 Å². The number of rotatable bonds is 2. The van der Waals surface area contributed by atoms with Crippen LogP contribution >= 0.6 is 11.6 Å². The highest BCUT2D eigenvalue weighted by atomic mass is 35.5. The van der Waals surface area contributed by atoms with E-state index >= 15 is 0 Å². The highest BCUT2D eigenvalue weighted by Gasteiger charge is 2.24. The van der Waals surface area contributed by atoms with E-state index in [4.69, 9.17) is 17.3 Å². The molecule has 5 heteroatoms. The van der Waals surface area contributed by atoms with Crippen LogP contribution in [0.3, 0.4) is 0 Å². The summed E-state index contributed by atoms with van der Waals surface area (Å²) in [7, 11) is 0. The molecule has 1 aliphatic rings. The Bertz CT molecular complexity index is 717. The van der Waals surface area contributed by atoms with E-state index in [-0.39, 0.29) is 11.7 Å². The molecule has 3 nitrogen and oxygen atoms in total. The van der Waals surface area contributed by atoms with Gasteiger partial charge in [-0.05, 0) is 41.8 Å². The molecule has 0 fully saturated rings. The summed E-state index contributed by atoms with van der Waals surface area (Å²) < 4.78 is 13.1. The highest BCUT2D eigenvalue weighted by Crippen LogP contribution is 2.25. The van der Waals surface area contributed by atoms with Gasteiger partial charge in [-0.1, -0.05) is 23.7 Å². The molecule has 3 rings (SSSR count). The lowest BCUT2D eigenvalue weighted by molar-refractivity contribution is 0.0727. The fourth-order valence-corrected chi connectivity index (χ4v) is 2.77. The number of halogens is 2. The number of hydrogen-bond donors (Lipinski definition) is 1. The summed E-state index contributed by atoms with van der Waals surface area (Å²) in [4.78, 5) is 14.2. The van der Waals surface area contributed by atoms with Gasteiger partial charge in [0.15, 0.2) is 0 Å². The van der Waals surface area contributed by atoms with E-state index in [1.54, 1.807) is 23.1 Å². The molecule has 21 heavy (non-hydrogen) atoms. The van der Waals surface area contributed by atoms with Crippen LogP contribution in [-0.4, -0.2) is 17.4 Å². The van der Waals surface area contributed by atoms with Crippen LogP contribution in [-0.2, 0) is 13.0 Å². The molecule has 0 spiro atoms. The average Bonchev–Trinajstić information content (AvgIpc) is 2.45. The van der Waals surface area contributed by atoms with E-state index < -0.39 is 0 Å². The highest BCUT2D eigenvalue weighted by molar-refractivity contribution is 6.31. The lowest BCUT2D eigenvalue weighted by Crippen LogP contribution is -2.37. The van der Waals surface area contributed by atoms with Crippen LogP contribution in [0.1, 0.15) is 21.5 Å². The van der Waals surface area contributed by atoms with Crippen LogP contribution in [0, 0.1) is 5.82 Å². The number of nitrogens with two attached hydrogens (primary N) is 1. The van der Waals surface area contributed by atoms with Crippen molar-refractivity contribution >= 4 is 23.2 Å². The second kappa shape index (κ2) is 5.37. The van der Waals surface area contributed by atoms with Gasteiger partial charge in [-0.25, -0.2) is 4.39 Å². The van der Waals surface area contributed by atoms with Crippen molar-refractivity contribution < 1.29 is 9.18 Å². The number of benzene rings is 2. The number of amides is 1. The van der Waals surface area contributed by atoms with Crippen LogP contribution in [0.2, 0.25) is 5.02 Å². The van der Waals surface area contributed by atoms with Gasteiger partial charge in [0.05, 0.1) is 0 Å². The van der Waals surface area contributed by atoms with E-state index in [2.05, 4.69) is 0 Å². The molecule has 0 bridgehead atoms. The Labute approximate surface area is 127 Å². The Morgan fingerprint density at radius 3 is 2.81 bits per heavy atom. The Hall–Kier alpha value is -2.07. The third-order valence-corrected chi connectivity index (χ3v) is 4.03. The maximum absolute atomic E-state index is 13.1. The van der Waals surface area contributed by atoms with Crippen molar-refractivity contribution in [3.63, 3.8) is 0 Å². The van der Waals surface area contributed by atoms with Gasteiger partial charge in [0.2, 0.25) is 0 Å². The van der Waals surface area contributed by atoms with Crippen molar-refractivity contribution in [2.45, 2.75) is 13.0 Å². The van der Waals surface area contributed by atoms with Crippen molar-refractivity contribution in [1.82, 2.24) is 4.90 Å². The lowest BCUT2D eigenvalue weighted by Gasteiger charge is -2.29. The topological polar surface area (TPSA) is 46.3 Å². The molecule has 2 aromatic carbocycles. The Morgan fingerprint density at radius 1 is 1.24 bits per heavy atom. The van der Waals surface area contributed by atoms with E-state index in [1.165, 1.54) is 12.1 Å². The van der Waals surface area contributed by atoms with Gasteiger partial charge in [0, 0.05) is 29.4 Å². The van der Waals surface area contributed by atoms with Crippen molar-refractivity contribution in [1.29, 1.82) is 0 Å². The summed E-state index contributed by atoms with van der Waals surface area (Å²) in [5.41, 5.74) is 8.71. The minimum atomic E-state index is -0.383. The summed E-state index contributed by atoms with van der Waals surface area (Å²) in [6.07, 6.45) is 0.778. The maximum Gasteiger partial charge on any atom is 0.254 e. The van der Waals surface area contributed by atoms with Gasteiger partial charge in [0.25, 0.3) is 5.91 Å². The first-order valence-electron chi connectivity index (χ1n) is 6.66. The summed E-state index contributed by atoms with van der Waals surface area (Å²) >= 11 is 6.02. The summed E-state index contributed by atoms with van der Waals surface area (Å²) in [5.74, 6) is -0.448. The lowest BCUT2D eigenvalue weighted by atomic mass is 9.98. The summed E-state index contributed by atoms with van der Waals surface area (Å²) in [6.45, 7) is 0.982. The first-order chi connectivity index (χ1) is 10.0. The normalized spacial score (nSPS) is 14.2. The van der Waals surface area contributed by atoms with E-state index in [1.807, 2.05) is 6.07 Å². The van der Waals surface area contributed by atoms with Crippen molar-refractivity contribution in [3.8, 4) is 0 Å². The molecule has 0 aromatic heterocycles. The average molecular weight is 305 g/mol. The predicted octanol–water partition coefficient (Wildman–Crippen LogP) is 3.26. The van der Waals surface area contributed by atoms with Gasteiger partial charge < -0.3 is 10.6 Å². The third kappa shape index (κ3) is 2.72. The summed E-state index contributed by atoms with van der Waals surface area (Å²) in [6, 6.07) is 9.62. The zero-order valence-electron chi connectivity index (χ0n) is 11.3. The largest absolute Gasteiger partial charge is 0.399 e. The third-order valence-electron chi connectivity index (χ3n) is 3.68. The molecule has 1 aliphatic heterocycles. The van der Waals surface area contributed by atoms with Crippen LogP contribution in [0.25, 0.3) is 0 Å². The van der Waals surface area contributed by atoms with Crippen LogP contribution in [0.4, 0.5) is 10.1 Å². The monoisotopic (exact) mass is 304 g/mol. The van der Waals surface area contributed by atoms with Gasteiger partial charge in [-0.15, -0.1) is 0 Å². The standard InChI is InChI=1S/C16H14ClFN2O/c17-15-7-12(18)3-1-11(15)9-20-6-5-10-2-4-13(19)8-14(10)16(20)21/h1-4,7-8H,5-6,9,19H2. The Morgan fingerprint density at radius 2 is 2.05 bits per heavy atom. The van der Waals surface area contributed by atoms with E-state index in [0.717, 1.165) is 17.5 Å². The molecular weight excluding hydrogens is 291 g/mol. The van der Waals surface area contributed by atoms with Crippen molar-refractivity contribution in [2.24, 2.45) is 0 Å². The number of carbonyl (C=O) groups excluding carboxylic acids is 1. The number of fused-ring (bicyclic) bond motifs is 1. The molecule has 1 heterocycles. The van der Waals surface area contributed by atoms with E-state index in [0.29, 0.717) is 29.4 Å². The number of hydrogen-bond acceptors (Lipinski definition) is 2. The molecule has 2 aromatic rings. The van der Waals surface area contributed by atoms with E-state index in [9.17, 15) is 9.18 Å².